The van der Waals surface area contributed by atoms with Crippen molar-refractivity contribution in [3.8, 4) is 0 Å². The van der Waals surface area contributed by atoms with E-state index in [9.17, 15) is 18.4 Å². The molecule has 0 radical (unpaired) electrons. The number of hydrogen-bond donors (Lipinski definition) is 2. The van der Waals surface area contributed by atoms with Crippen LogP contribution >= 0.6 is 0 Å². The van der Waals surface area contributed by atoms with Crippen LogP contribution in [0.4, 0.5) is 8.78 Å². The Morgan fingerprint density at radius 2 is 2.00 bits per heavy atom. The van der Waals surface area contributed by atoms with Gasteiger partial charge in [-0.1, -0.05) is 13.0 Å². The predicted molar refractivity (Wildman–Crippen MR) is 59.6 cm³/mol. The third kappa shape index (κ3) is 3.51. The summed E-state index contributed by atoms with van der Waals surface area (Å²) in [5, 5.41) is 11.1. The lowest BCUT2D eigenvalue weighted by atomic mass is 10.1. The normalized spacial score (nSPS) is 11.9. The standard InChI is InChI=1S/C12H13F2NO3/c1-2-8(12(17)18)11(16)15-6-7-3-4-9(13)10(14)5-7/h3-5,8H,2,6H2,1H3,(H,15,16)(H,17,18). The molecule has 1 aromatic carbocycles. The van der Waals surface area contributed by atoms with E-state index in [1.807, 2.05) is 0 Å². The minimum absolute atomic E-state index is 0.0419. The van der Waals surface area contributed by atoms with Gasteiger partial charge in [0.25, 0.3) is 0 Å². The summed E-state index contributed by atoms with van der Waals surface area (Å²) in [6, 6.07) is 3.23. The summed E-state index contributed by atoms with van der Waals surface area (Å²) < 4.78 is 25.5. The number of carbonyl (C=O) groups excluding carboxylic acids is 1. The highest BCUT2D eigenvalue weighted by Crippen LogP contribution is 2.09. The summed E-state index contributed by atoms with van der Waals surface area (Å²) >= 11 is 0. The first-order valence-corrected chi connectivity index (χ1v) is 5.40. The number of hydrogen-bond acceptors (Lipinski definition) is 2. The second kappa shape index (κ2) is 6.09. The van der Waals surface area contributed by atoms with E-state index in [4.69, 9.17) is 5.11 Å². The molecule has 0 bridgehead atoms. The fourth-order valence-corrected chi connectivity index (χ4v) is 1.43. The van der Waals surface area contributed by atoms with Gasteiger partial charge in [-0.05, 0) is 24.1 Å². The fraction of sp³-hybridized carbons (Fsp3) is 0.333. The van der Waals surface area contributed by atoms with Gasteiger partial charge in [0.1, 0.15) is 5.92 Å². The van der Waals surface area contributed by atoms with Crippen LogP contribution in [-0.4, -0.2) is 17.0 Å². The lowest BCUT2D eigenvalue weighted by molar-refractivity contribution is -0.147. The molecule has 0 aromatic heterocycles. The van der Waals surface area contributed by atoms with Crippen molar-refractivity contribution in [2.75, 3.05) is 0 Å². The van der Waals surface area contributed by atoms with Gasteiger partial charge in [-0.3, -0.25) is 9.59 Å². The molecule has 0 spiro atoms. The van der Waals surface area contributed by atoms with Crippen molar-refractivity contribution in [3.63, 3.8) is 0 Å². The molecule has 98 valence electrons. The molecule has 0 fully saturated rings. The van der Waals surface area contributed by atoms with Gasteiger partial charge in [-0.2, -0.15) is 0 Å². The lowest BCUT2D eigenvalue weighted by Crippen LogP contribution is -2.34. The molecule has 0 aliphatic carbocycles. The highest BCUT2D eigenvalue weighted by molar-refractivity contribution is 5.96. The number of carboxylic acid groups (broad SMARTS) is 1. The number of rotatable bonds is 5. The van der Waals surface area contributed by atoms with Crippen LogP contribution in [0, 0.1) is 17.6 Å². The average Bonchev–Trinajstić information content (AvgIpc) is 2.31. The lowest BCUT2D eigenvalue weighted by Gasteiger charge is -2.10. The Labute approximate surface area is 103 Å². The Morgan fingerprint density at radius 1 is 1.33 bits per heavy atom. The minimum atomic E-state index is -1.21. The van der Waals surface area contributed by atoms with Crippen molar-refractivity contribution in [1.29, 1.82) is 0 Å². The molecule has 0 aliphatic rings. The van der Waals surface area contributed by atoms with Crippen LogP contribution in [0.5, 0.6) is 0 Å². The van der Waals surface area contributed by atoms with E-state index < -0.39 is 29.4 Å². The summed E-state index contributed by atoms with van der Waals surface area (Å²) in [6.45, 7) is 1.54. The van der Waals surface area contributed by atoms with Gasteiger partial charge in [-0.25, -0.2) is 8.78 Å². The Kier molecular flexibility index (Phi) is 4.76. The monoisotopic (exact) mass is 257 g/mol. The number of benzene rings is 1. The van der Waals surface area contributed by atoms with Crippen LogP contribution < -0.4 is 5.32 Å². The van der Waals surface area contributed by atoms with Crippen molar-refractivity contribution in [3.05, 3.63) is 35.4 Å². The van der Waals surface area contributed by atoms with Crippen molar-refractivity contribution in [1.82, 2.24) is 5.32 Å². The van der Waals surface area contributed by atoms with E-state index in [0.717, 1.165) is 12.1 Å². The van der Waals surface area contributed by atoms with Crippen molar-refractivity contribution in [2.24, 2.45) is 5.92 Å². The zero-order chi connectivity index (χ0) is 13.7. The minimum Gasteiger partial charge on any atom is -0.481 e. The molecule has 6 heteroatoms. The van der Waals surface area contributed by atoms with Crippen LogP contribution in [0.15, 0.2) is 18.2 Å². The molecule has 1 aromatic rings. The molecule has 0 saturated carbocycles. The number of nitrogens with one attached hydrogen (secondary N) is 1. The quantitative estimate of drug-likeness (QED) is 0.789. The van der Waals surface area contributed by atoms with E-state index in [0.29, 0.717) is 5.56 Å². The molecular formula is C12H13F2NO3. The molecule has 1 unspecified atom stereocenters. The van der Waals surface area contributed by atoms with Crippen molar-refractivity contribution >= 4 is 11.9 Å². The van der Waals surface area contributed by atoms with Gasteiger partial charge >= 0.3 is 5.97 Å². The molecular weight excluding hydrogens is 244 g/mol. The smallest absolute Gasteiger partial charge is 0.316 e. The first-order valence-electron chi connectivity index (χ1n) is 5.40. The maximum atomic E-state index is 12.9. The van der Waals surface area contributed by atoms with Gasteiger partial charge in [-0.15, -0.1) is 0 Å². The molecule has 0 heterocycles. The topological polar surface area (TPSA) is 66.4 Å². The molecule has 1 atom stereocenters. The Hall–Kier alpha value is -1.98. The summed E-state index contributed by atoms with van der Waals surface area (Å²) in [6.07, 6.45) is 0.166. The van der Waals surface area contributed by atoms with E-state index in [2.05, 4.69) is 5.32 Å². The SMILES string of the molecule is CCC(C(=O)O)C(=O)NCc1ccc(F)c(F)c1. The number of halogens is 2. The van der Waals surface area contributed by atoms with Crippen LogP contribution in [0.3, 0.4) is 0 Å². The molecule has 18 heavy (non-hydrogen) atoms. The second-order valence-corrected chi connectivity index (χ2v) is 3.77. The van der Waals surface area contributed by atoms with Crippen LogP contribution in [0.2, 0.25) is 0 Å². The summed E-state index contributed by atoms with van der Waals surface area (Å²) in [7, 11) is 0. The van der Waals surface area contributed by atoms with E-state index in [-0.39, 0.29) is 13.0 Å². The van der Waals surface area contributed by atoms with E-state index in [1.54, 1.807) is 6.92 Å². The number of carboxylic acids is 1. The zero-order valence-electron chi connectivity index (χ0n) is 9.74. The van der Waals surface area contributed by atoms with Gasteiger partial charge in [0, 0.05) is 6.54 Å². The molecule has 4 nitrogen and oxygen atoms in total. The summed E-state index contributed by atoms with van der Waals surface area (Å²) in [5.74, 6) is -4.96. The van der Waals surface area contributed by atoms with Crippen LogP contribution in [0.25, 0.3) is 0 Å². The van der Waals surface area contributed by atoms with Crippen molar-refractivity contribution < 1.29 is 23.5 Å². The summed E-state index contributed by atoms with van der Waals surface area (Å²) in [5.41, 5.74) is 0.363. The maximum Gasteiger partial charge on any atom is 0.316 e. The first kappa shape index (κ1) is 14.1. The second-order valence-electron chi connectivity index (χ2n) is 3.77. The molecule has 1 amide bonds. The Balaban J connectivity index is 2.62. The third-order valence-corrected chi connectivity index (χ3v) is 2.47. The van der Waals surface area contributed by atoms with Gasteiger partial charge in [0.15, 0.2) is 11.6 Å². The number of amides is 1. The highest BCUT2D eigenvalue weighted by Gasteiger charge is 2.23. The van der Waals surface area contributed by atoms with Crippen LogP contribution in [-0.2, 0) is 16.1 Å². The molecule has 1 rings (SSSR count). The Morgan fingerprint density at radius 3 is 2.50 bits per heavy atom. The van der Waals surface area contributed by atoms with E-state index in [1.165, 1.54) is 6.07 Å². The van der Waals surface area contributed by atoms with Crippen LogP contribution in [0.1, 0.15) is 18.9 Å². The molecule has 0 aliphatic heterocycles. The van der Waals surface area contributed by atoms with Gasteiger partial charge < -0.3 is 10.4 Å². The fourth-order valence-electron chi connectivity index (χ4n) is 1.43. The number of aliphatic carboxylic acids is 1. The van der Waals surface area contributed by atoms with Gasteiger partial charge in [0.05, 0.1) is 0 Å². The average molecular weight is 257 g/mol. The van der Waals surface area contributed by atoms with E-state index >= 15 is 0 Å². The summed E-state index contributed by atoms with van der Waals surface area (Å²) in [4.78, 5) is 22.2. The van der Waals surface area contributed by atoms with Crippen molar-refractivity contribution in [2.45, 2.75) is 19.9 Å². The molecule has 0 saturated heterocycles. The highest BCUT2D eigenvalue weighted by atomic mass is 19.2. The Bertz CT molecular complexity index is 463. The first-order chi connectivity index (χ1) is 8.45. The maximum absolute atomic E-state index is 12.9. The molecule has 2 N–H and O–H groups in total. The zero-order valence-corrected chi connectivity index (χ0v) is 9.74. The largest absolute Gasteiger partial charge is 0.481 e. The number of carbonyl (C=O) groups is 2. The van der Waals surface area contributed by atoms with Gasteiger partial charge in [0.2, 0.25) is 5.91 Å². The third-order valence-electron chi connectivity index (χ3n) is 2.47. The predicted octanol–water partition coefficient (Wildman–Crippen LogP) is 1.69.